The zero-order chi connectivity index (χ0) is 24.7. The van der Waals surface area contributed by atoms with Gasteiger partial charge < -0.3 is 19.7 Å². The maximum Gasteiger partial charge on any atom is 0.422 e. The van der Waals surface area contributed by atoms with Crippen molar-refractivity contribution in [1.29, 1.82) is 0 Å². The standard InChI is InChI=1S/C24H28F3N3O4/c1-3-4-11-30-21(31)13-19(22(30)17-5-7-18(33-2)8-6-17)23(32)29-14-16-9-10-28-20(12-16)34-15-24(25,26)27/h5-10,12,19,22H,3-4,11,13-15H2,1-2H3,(H,29,32). The number of halogens is 3. The Labute approximate surface area is 196 Å². The van der Waals surface area contributed by atoms with E-state index in [-0.39, 0.29) is 30.7 Å². The highest BCUT2D eigenvalue weighted by molar-refractivity contribution is 5.90. The number of hydrogen-bond donors (Lipinski definition) is 1. The van der Waals surface area contributed by atoms with Crippen LogP contribution in [-0.4, -0.2) is 48.1 Å². The van der Waals surface area contributed by atoms with Gasteiger partial charge in [0, 0.05) is 31.8 Å². The minimum absolute atomic E-state index is 0.0682. The third kappa shape index (κ3) is 6.61. The Hall–Kier alpha value is -3.30. The Bertz CT molecular complexity index is 982. The van der Waals surface area contributed by atoms with Crippen molar-refractivity contribution in [2.45, 2.75) is 44.9 Å². The molecule has 3 rings (SSSR count). The van der Waals surface area contributed by atoms with Crippen LogP contribution in [0.25, 0.3) is 0 Å². The van der Waals surface area contributed by atoms with Crippen LogP contribution in [0.5, 0.6) is 11.6 Å². The highest BCUT2D eigenvalue weighted by atomic mass is 19.4. The first-order valence-corrected chi connectivity index (χ1v) is 11.1. The van der Waals surface area contributed by atoms with E-state index in [1.54, 1.807) is 30.2 Å². The van der Waals surface area contributed by atoms with Crippen molar-refractivity contribution in [3.8, 4) is 11.6 Å². The SMILES string of the molecule is CCCCN1C(=O)CC(C(=O)NCc2ccnc(OCC(F)(F)F)c2)C1c1ccc(OC)cc1. The van der Waals surface area contributed by atoms with Crippen molar-refractivity contribution in [2.75, 3.05) is 20.3 Å². The van der Waals surface area contributed by atoms with Crippen molar-refractivity contribution < 1.29 is 32.2 Å². The molecule has 7 nitrogen and oxygen atoms in total. The van der Waals surface area contributed by atoms with Crippen molar-refractivity contribution >= 4 is 11.8 Å². The molecule has 1 N–H and O–H groups in total. The summed E-state index contributed by atoms with van der Waals surface area (Å²) in [4.78, 5) is 31.4. The van der Waals surface area contributed by atoms with Gasteiger partial charge in [-0.3, -0.25) is 9.59 Å². The molecule has 1 aromatic heterocycles. The molecule has 1 fully saturated rings. The van der Waals surface area contributed by atoms with Gasteiger partial charge in [0.15, 0.2) is 6.61 Å². The lowest BCUT2D eigenvalue weighted by Gasteiger charge is -2.28. The molecule has 2 heterocycles. The zero-order valence-electron chi connectivity index (χ0n) is 19.1. The number of amides is 2. The van der Waals surface area contributed by atoms with Gasteiger partial charge in [-0.2, -0.15) is 13.2 Å². The summed E-state index contributed by atoms with van der Waals surface area (Å²) in [6.45, 7) is 1.21. The second-order valence-corrected chi connectivity index (χ2v) is 8.09. The Kier molecular flexibility index (Phi) is 8.36. The molecule has 1 saturated heterocycles. The first kappa shape index (κ1) is 25.3. The summed E-state index contributed by atoms with van der Waals surface area (Å²) in [6.07, 6.45) is -1.33. The first-order valence-electron chi connectivity index (χ1n) is 11.1. The molecule has 0 saturated carbocycles. The fraction of sp³-hybridized carbons (Fsp3) is 0.458. The molecule has 0 spiro atoms. The smallest absolute Gasteiger partial charge is 0.422 e. The lowest BCUT2D eigenvalue weighted by atomic mass is 9.92. The van der Waals surface area contributed by atoms with E-state index in [2.05, 4.69) is 15.0 Å². The summed E-state index contributed by atoms with van der Waals surface area (Å²) in [7, 11) is 1.57. The number of unbranched alkanes of at least 4 members (excludes halogenated alkanes) is 1. The maximum absolute atomic E-state index is 13.1. The van der Waals surface area contributed by atoms with Gasteiger partial charge in [0.25, 0.3) is 0 Å². The predicted molar refractivity (Wildman–Crippen MR) is 118 cm³/mol. The Morgan fingerprint density at radius 2 is 1.97 bits per heavy atom. The van der Waals surface area contributed by atoms with Crippen LogP contribution in [0, 0.1) is 5.92 Å². The van der Waals surface area contributed by atoms with Crippen LogP contribution in [0.1, 0.15) is 43.4 Å². The molecule has 1 aliphatic rings. The molecule has 1 aliphatic heterocycles. The number of methoxy groups -OCH3 is 1. The van der Waals surface area contributed by atoms with Crippen LogP contribution >= 0.6 is 0 Å². The monoisotopic (exact) mass is 479 g/mol. The molecule has 184 valence electrons. The summed E-state index contributed by atoms with van der Waals surface area (Å²) in [5, 5.41) is 2.81. The second-order valence-electron chi connectivity index (χ2n) is 8.09. The molecular formula is C24H28F3N3O4. The van der Waals surface area contributed by atoms with E-state index in [4.69, 9.17) is 4.74 Å². The van der Waals surface area contributed by atoms with E-state index < -0.39 is 24.7 Å². The van der Waals surface area contributed by atoms with E-state index in [0.717, 1.165) is 18.4 Å². The molecule has 34 heavy (non-hydrogen) atoms. The Morgan fingerprint density at radius 3 is 2.62 bits per heavy atom. The minimum atomic E-state index is -4.47. The van der Waals surface area contributed by atoms with E-state index >= 15 is 0 Å². The molecule has 0 bridgehead atoms. The number of alkyl halides is 3. The molecule has 10 heteroatoms. The van der Waals surface area contributed by atoms with Gasteiger partial charge in [0.2, 0.25) is 17.7 Å². The molecule has 2 atom stereocenters. The van der Waals surface area contributed by atoms with Gasteiger partial charge in [-0.25, -0.2) is 4.98 Å². The number of carbonyl (C=O) groups excluding carboxylic acids is 2. The third-order valence-electron chi connectivity index (χ3n) is 5.63. The van der Waals surface area contributed by atoms with Crippen molar-refractivity contribution in [3.63, 3.8) is 0 Å². The normalized spacial score (nSPS) is 18.1. The van der Waals surface area contributed by atoms with Gasteiger partial charge in [-0.05, 0) is 35.7 Å². The molecular weight excluding hydrogens is 451 g/mol. The molecule has 0 aliphatic carbocycles. The summed E-state index contributed by atoms with van der Waals surface area (Å²) in [5.41, 5.74) is 1.38. The van der Waals surface area contributed by atoms with E-state index in [1.807, 2.05) is 19.1 Å². The Balaban J connectivity index is 1.72. The van der Waals surface area contributed by atoms with Crippen LogP contribution in [0.4, 0.5) is 13.2 Å². The number of hydrogen-bond acceptors (Lipinski definition) is 5. The fourth-order valence-corrected chi connectivity index (χ4v) is 3.95. The van der Waals surface area contributed by atoms with Gasteiger partial charge in [-0.1, -0.05) is 25.5 Å². The van der Waals surface area contributed by atoms with Crippen LogP contribution in [0.15, 0.2) is 42.6 Å². The second kappa shape index (κ2) is 11.2. The number of aromatic nitrogens is 1. The minimum Gasteiger partial charge on any atom is -0.497 e. The lowest BCUT2D eigenvalue weighted by molar-refractivity contribution is -0.154. The fourth-order valence-electron chi connectivity index (χ4n) is 3.95. The highest BCUT2D eigenvalue weighted by Crippen LogP contribution is 2.39. The number of benzene rings is 1. The highest BCUT2D eigenvalue weighted by Gasteiger charge is 2.44. The number of rotatable bonds is 10. The molecule has 2 amide bonds. The van der Waals surface area contributed by atoms with E-state index in [1.165, 1.54) is 12.3 Å². The van der Waals surface area contributed by atoms with Crippen molar-refractivity contribution in [3.05, 3.63) is 53.7 Å². The largest absolute Gasteiger partial charge is 0.497 e. The topological polar surface area (TPSA) is 80.8 Å². The number of nitrogens with zero attached hydrogens (tertiary/aromatic N) is 2. The molecule has 2 aromatic rings. The van der Waals surface area contributed by atoms with Crippen LogP contribution in [0.2, 0.25) is 0 Å². The summed E-state index contributed by atoms with van der Waals surface area (Å²) < 4.78 is 47.0. The maximum atomic E-state index is 13.1. The number of carbonyl (C=O) groups is 2. The third-order valence-corrected chi connectivity index (χ3v) is 5.63. The number of nitrogens with one attached hydrogen (secondary N) is 1. The quantitative estimate of drug-likeness (QED) is 0.557. The summed E-state index contributed by atoms with van der Waals surface area (Å²) >= 11 is 0. The summed E-state index contributed by atoms with van der Waals surface area (Å²) in [6, 6.07) is 9.82. The van der Waals surface area contributed by atoms with Gasteiger partial charge in [0.05, 0.1) is 19.1 Å². The predicted octanol–water partition coefficient (Wildman–Crippen LogP) is 4.04. The van der Waals surface area contributed by atoms with Gasteiger partial charge in [0.1, 0.15) is 5.75 Å². The van der Waals surface area contributed by atoms with Crippen LogP contribution in [0.3, 0.4) is 0 Å². The van der Waals surface area contributed by atoms with Crippen LogP contribution < -0.4 is 14.8 Å². The number of likely N-dealkylation sites (tertiary alicyclic amines) is 1. The molecule has 0 radical (unpaired) electrons. The van der Waals surface area contributed by atoms with E-state index in [9.17, 15) is 22.8 Å². The lowest BCUT2D eigenvalue weighted by Crippen LogP contribution is -2.35. The van der Waals surface area contributed by atoms with Crippen molar-refractivity contribution in [2.24, 2.45) is 5.92 Å². The van der Waals surface area contributed by atoms with Crippen LogP contribution in [-0.2, 0) is 16.1 Å². The molecule has 1 aromatic carbocycles. The van der Waals surface area contributed by atoms with Gasteiger partial charge in [-0.15, -0.1) is 0 Å². The average Bonchev–Trinajstić information content (AvgIpc) is 3.15. The van der Waals surface area contributed by atoms with Gasteiger partial charge >= 0.3 is 6.18 Å². The number of pyridine rings is 1. The number of ether oxygens (including phenoxy) is 2. The van der Waals surface area contributed by atoms with E-state index in [0.29, 0.717) is 17.9 Å². The average molecular weight is 479 g/mol. The Morgan fingerprint density at radius 1 is 1.24 bits per heavy atom. The first-order chi connectivity index (χ1) is 16.2. The molecule has 2 unspecified atom stereocenters. The zero-order valence-corrected chi connectivity index (χ0v) is 19.1. The summed E-state index contributed by atoms with van der Waals surface area (Å²) in [5.74, 6) is -0.484. The van der Waals surface area contributed by atoms with Crippen molar-refractivity contribution in [1.82, 2.24) is 15.2 Å².